The van der Waals surface area contributed by atoms with E-state index in [1.54, 1.807) is 0 Å². The molecule has 0 aliphatic heterocycles. The lowest BCUT2D eigenvalue weighted by molar-refractivity contribution is -0.141. The second kappa shape index (κ2) is 4.75. The van der Waals surface area contributed by atoms with Crippen molar-refractivity contribution >= 4 is 5.91 Å². The first-order valence-electron chi connectivity index (χ1n) is 5.17. The molecule has 1 aliphatic rings. The van der Waals surface area contributed by atoms with Crippen molar-refractivity contribution in [1.82, 2.24) is 5.32 Å². The summed E-state index contributed by atoms with van der Waals surface area (Å²) < 4.78 is 0. The van der Waals surface area contributed by atoms with Gasteiger partial charge < -0.3 is 15.5 Å². The van der Waals surface area contributed by atoms with Crippen LogP contribution in [0.5, 0.6) is 0 Å². The molecule has 1 amide bonds. The Bertz CT molecular complexity index is 200. The number of aliphatic hydroxyl groups excluding tert-OH is 2. The number of aliphatic hydroxyl groups is 2. The lowest BCUT2D eigenvalue weighted by Gasteiger charge is -2.38. The van der Waals surface area contributed by atoms with E-state index in [1.807, 2.05) is 0 Å². The molecule has 0 aromatic carbocycles. The van der Waals surface area contributed by atoms with Crippen LogP contribution in [0.1, 0.15) is 32.1 Å². The molecule has 0 saturated heterocycles. The highest BCUT2D eigenvalue weighted by Crippen LogP contribution is 2.38. The smallest absolute Gasteiger partial charge is 0.249 e. The fourth-order valence-corrected chi connectivity index (χ4v) is 2.19. The van der Waals surface area contributed by atoms with E-state index in [0.717, 1.165) is 32.1 Å². The topological polar surface area (TPSA) is 69.6 Å². The van der Waals surface area contributed by atoms with Crippen molar-refractivity contribution in [3.63, 3.8) is 0 Å². The Kier molecular flexibility index (Phi) is 3.89. The van der Waals surface area contributed by atoms with Gasteiger partial charge in [-0.15, -0.1) is 0 Å². The van der Waals surface area contributed by atoms with Gasteiger partial charge in [-0.05, 0) is 12.8 Å². The molecule has 3 N–H and O–H groups in total. The zero-order chi connectivity index (χ0) is 10.6. The highest BCUT2D eigenvalue weighted by molar-refractivity contribution is 5.81. The molecular weight excluding hydrogens is 182 g/mol. The molecule has 0 spiro atoms. The monoisotopic (exact) mass is 201 g/mol. The molecule has 82 valence electrons. The summed E-state index contributed by atoms with van der Waals surface area (Å²) in [6.07, 6.45) is 3.49. The number of amides is 1. The first-order chi connectivity index (χ1) is 6.66. The Morgan fingerprint density at radius 1 is 1.43 bits per heavy atom. The van der Waals surface area contributed by atoms with E-state index in [4.69, 9.17) is 0 Å². The SMILES string of the molecule is CNC(=O)[C@@H](O)C1(CO)CCCCC1. The van der Waals surface area contributed by atoms with Crippen molar-refractivity contribution < 1.29 is 15.0 Å². The molecule has 1 fully saturated rings. The largest absolute Gasteiger partial charge is 0.396 e. The first kappa shape index (κ1) is 11.5. The van der Waals surface area contributed by atoms with E-state index in [0.29, 0.717) is 0 Å². The maximum atomic E-state index is 11.3. The molecule has 0 unspecified atom stereocenters. The number of carbonyl (C=O) groups is 1. The van der Waals surface area contributed by atoms with Gasteiger partial charge in [-0.3, -0.25) is 4.79 Å². The quantitative estimate of drug-likeness (QED) is 0.603. The summed E-state index contributed by atoms with van der Waals surface area (Å²) in [5.74, 6) is -0.388. The van der Waals surface area contributed by atoms with Crippen molar-refractivity contribution in [2.24, 2.45) is 5.41 Å². The number of likely N-dealkylation sites (N-methyl/N-ethyl adjacent to an activating group) is 1. The average Bonchev–Trinajstić information content (AvgIpc) is 2.28. The zero-order valence-corrected chi connectivity index (χ0v) is 8.62. The molecule has 0 bridgehead atoms. The maximum Gasteiger partial charge on any atom is 0.249 e. The van der Waals surface area contributed by atoms with E-state index < -0.39 is 11.5 Å². The summed E-state index contributed by atoms with van der Waals surface area (Å²) in [5.41, 5.74) is -0.599. The molecule has 0 aromatic rings. The second-order valence-corrected chi connectivity index (χ2v) is 4.10. The molecule has 0 aromatic heterocycles. The van der Waals surface area contributed by atoms with Crippen LogP contribution in [0.15, 0.2) is 0 Å². The number of hydrogen-bond acceptors (Lipinski definition) is 3. The molecule has 1 rings (SSSR count). The van der Waals surface area contributed by atoms with Gasteiger partial charge in [-0.2, -0.15) is 0 Å². The summed E-state index contributed by atoms with van der Waals surface area (Å²) in [5, 5.41) is 21.6. The Morgan fingerprint density at radius 2 is 2.00 bits per heavy atom. The fraction of sp³-hybridized carbons (Fsp3) is 0.900. The summed E-state index contributed by atoms with van der Waals surface area (Å²) in [6, 6.07) is 0. The van der Waals surface area contributed by atoms with Crippen LogP contribution in [0, 0.1) is 5.41 Å². The van der Waals surface area contributed by atoms with Gasteiger partial charge >= 0.3 is 0 Å². The van der Waals surface area contributed by atoms with E-state index >= 15 is 0 Å². The van der Waals surface area contributed by atoms with Crippen molar-refractivity contribution in [1.29, 1.82) is 0 Å². The Labute approximate surface area is 84.3 Å². The molecule has 1 aliphatic carbocycles. The van der Waals surface area contributed by atoms with Gasteiger partial charge in [0, 0.05) is 12.5 Å². The lowest BCUT2D eigenvalue weighted by Crippen LogP contribution is -2.48. The number of carbonyl (C=O) groups excluding carboxylic acids is 1. The number of hydrogen-bond donors (Lipinski definition) is 3. The third-order valence-corrected chi connectivity index (χ3v) is 3.24. The Morgan fingerprint density at radius 3 is 2.43 bits per heavy atom. The minimum atomic E-state index is -1.07. The van der Waals surface area contributed by atoms with E-state index in [-0.39, 0.29) is 12.5 Å². The standard InChI is InChI=1S/C10H19NO3/c1-11-9(14)8(13)10(7-12)5-3-2-4-6-10/h8,12-13H,2-7H2,1H3,(H,11,14)/t8-/m1/s1. The molecular formula is C10H19NO3. The van der Waals surface area contributed by atoms with Crippen LogP contribution in [0.2, 0.25) is 0 Å². The third-order valence-electron chi connectivity index (χ3n) is 3.24. The highest BCUT2D eigenvalue weighted by atomic mass is 16.3. The molecule has 14 heavy (non-hydrogen) atoms. The Hall–Kier alpha value is -0.610. The highest BCUT2D eigenvalue weighted by Gasteiger charge is 2.41. The van der Waals surface area contributed by atoms with Crippen molar-refractivity contribution in [2.75, 3.05) is 13.7 Å². The van der Waals surface area contributed by atoms with Gasteiger partial charge in [0.1, 0.15) is 6.10 Å². The van der Waals surface area contributed by atoms with Crippen molar-refractivity contribution in [3.8, 4) is 0 Å². The van der Waals surface area contributed by atoms with Crippen LogP contribution in [0.3, 0.4) is 0 Å². The van der Waals surface area contributed by atoms with Crippen LogP contribution in [0.25, 0.3) is 0 Å². The van der Waals surface area contributed by atoms with Gasteiger partial charge in [0.15, 0.2) is 0 Å². The zero-order valence-electron chi connectivity index (χ0n) is 8.62. The second-order valence-electron chi connectivity index (χ2n) is 4.10. The molecule has 1 saturated carbocycles. The van der Waals surface area contributed by atoms with Crippen LogP contribution in [0.4, 0.5) is 0 Å². The first-order valence-corrected chi connectivity index (χ1v) is 5.17. The predicted octanol–water partition coefficient (Wildman–Crippen LogP) is 0.0361. The average molecular weight is 201 g/mol. The Balaban J connectivity index is 2.71. The van der Waals surface area contributed by atoms with Gasteiger partial charge in [0.2, 0.25) is 5.91 Å². The van der Waals surface area contributed by atoms with Crippen LogP contribution in [-0.4, -0.2) is 35.9 Å². The molecule has 4 heteroatoms. The van der Waals surface area contributed by atoms with Crippen molar-refractivity contribution in [2.45, 2.75) is 38.2 Å². The summed E-state index contributed by atoms with van der Waals surface area (Å²) in [7, 11) is 1.50. The summed E-state index contributed by atoms with van der Waals surface area (Å²) >= 11 is 0. The van der Waals surface area contributed by atoms with Gasteiger partial charge in [-0.25, -0.2) is 0 Å². The number of rotatable bonds is 3. The van der Waals surface area contributed by atoms with Crippen molar-refractivity contribution in [3.05, 3.63) is 0 Å². The van der Waals surface area contributed by atoms with E-state index in [1.165, 1.54) is 7.05 Å². The molecule has 4 nitrogen and oxygen atoms in total. The summed E-state index contributed by atoms with van der Waals surface area (Å²) in [4.78, 5) is 11.3. The van der Waals surface area contributed by atoms with Gasteiger partial charge in [0.25, 0.3) is 0 Å². The van der Waals surface area contributed by atoms with Gasteiger partial charge in [-0.1, -0.05) is 19.3 Å². The van der Waals surface area contributed by atoms with Gasteiger partial charge in [0.05, 0.1) is 6.61 Å². The minimum Gasteiger partial charge on any atom is -0.396 e. The molecule has 0 heterocycles. The minimum absolute atomic E-state index is 0.110. The molecule has 1 atom stereocenters. The van der Waals surface area contributed by atoms with E-state index in [9.17, 15) is 15.0 Å². The van der Waals surface area contributed by atoms with Crippen LogP contribution >= 0.6 is 0 Å². The normalized spacial score (nSPS) is 22.8. The molecule has 0 radical (unpaired) electrons. The fourth-order valence-electron chi connectivity index (χ4n) is 2.19. The number of nitrogens with one attached hydrogen (secondary N) is 1. The third kappa shape index (κ3) is 2.07. The lowest BCUT2D eigenvalue weighted by atomic mass is 9.70. The predicted molar refractivity (Wildman–Crippen MR) is 52.7 cm³/mol. The summed E-state index contributed by atoms with van der Waals surface area (Å²) in [6.45, 7) is -0.110. The van der Waals surface area contributed by atoms with E-state index in [2.05, 4.69) is 5.32 Å². The maximum absolute atomic E-state index is 11.3. The van der Waals surface area contributed by atoms with Crippen LogP contribution in [-0.2, 0) is 4.79 Å². The van der Waals surface area contributed by atoms with Crippen LogP contribution < -0.4 is 5.32 Å².